The number of anilines is 1. The summed E-state index contributed by atoms with van der Waals surface area (Å²) in [5, 5.41) is 12.5. The summed E-state index contributed by atoms with van der Waals surface area (Å²) in [5.74, 6) is 6.30. The van der Waals surface area contributed by atoms with Gasteiger partial charge in [0.25, 0.3) is 5.91 Å². The molecule has 38 heavy (non-hydrogen) atoms. The lowest BCUT2D eigenvalue weighted by atomic mass is 9.96. The van der Waals surface area contributed by atoms with Crippen molar-refractivity contribution in [3.05, 3.63) is 102 Å². The molecule has 186 valence electrons. The maximum atomic E-state index is 13.4. The molecule has 0 spiro atoms. The van der Waals surface area contributed by atoms with Crippen molar-refractivity contribution in [3.8, 4) is 23.0 Å². The van der Waals surface area contributed by atoms with Crippen molar-refractivity contribution in [2.24, 2.45) is 7.05 Å². The Hall–Kier alpha value is -5.36. The molecule has 0 fully saturated rings. The lowest BCUT2D eigenvalue weighted by Gasteiger charge is -2.15. The van der Waals surface area contributed by atoms with Gasteiger partial charge in [-0.2, -0.15) is 10.2 Å². The number of imidazole rings is 1. The highest BCUT2D eigenvalue weighted by Crippen LogP contribution is 2.37. The van der Waals surface area contributed by atoms with Crippen LogP contribution in [0.5, 0.6) is 0 Å². The van der Waals surface area contributed by atoms with Crippen LogP contribution in [0.1, 0.15) is 40.3 Å². The first-order chi connectivity index (χ1) is 18.5. The van der Waals surface area contributed by atoms with Gasteiger partial charge in [0.05, 0.1) is 17.8 Å². The minimum absolute atomic E-state index is 0.126. The molecule has 4 aromatic heterocycles. The number of H-pyrrole nitrogens is 1. The first kappa shape index (κ1) is 23.1. The topological polar surface area (TPSA) is 119 Å². The number of hydrogen-bond acceptors (Lipinski definition) is 5. The van der Waals surface area contributed by atoms with Crippen molar-refractivity contribution in [2.45, 2.75) is 13.0 Å². The molecule has 6 aromatic rings. The molecule has 4 heterocycles. The molecule has 0 saturated heterocycles. The summed E-state index contributed by atoms with van der Waals surface area (Å²) in [5.41, 5.74) is 12.3. The standard InChI is InChI=1S/C29H24N8O/c1-18(33-29(38)27-28(30)35-23-12-7-15-31-37(23)27)26-25(20-8-4-3-5-9-20)24-21(10-6-11-22(24)34-26)14-13-19-16-32-36(2)17-19/h3-12,15-18,34H,30H2,1-2H3,(H,33,38)/t18-/m1/s1. The monoisotopic (exact) mass is 500 g/mol. The molecule has 0 aliphatic rings. The van der Waals surface area contributed by atoms with E-state index in [1.54, 1.807) is 29.2 Å². The fourth-order valence-electron chi connectivity index (χ4n) is 4.68. The first-order valence-electron chi connectivity index (χ1n) is 12.1. The van der Waals surface area contributed by atoms with Gasteiger partial charge in [0.1, 0.15) is 0 Å². The van der Waals surface area contributed by atoms with Gasteiger partial charge >= 0.3 is 0 Å². The number of carbonyl (C=O) groups is 1. The Balaban J connectivity index is 1.45. The zero-order chi connectivity index (χ0) is 26.2. The first-order valence-corrected chi connectivity index (χ1v) is 12.1. The lowest BCUT2D eigenvalue weighted by molar-refractivity contribution is 0.0933. The number of amides is 1. The molecular weight excluding hydrogens is 476 g/mol. The summed E-state index contributed by atoms with van der Waals surface area (Å²) in [6.07, 6.45) is 5.21. The number of rotatable bonds is 4. The van der Waals surface area contributed by atoms with E-state index in [2.05, 4.69) is 49.5 Å². The van der Waals surface area contributed by atoms with Gasteiger partial charge in [-0.1, -0.05) is 48.2 Å². The van der Waals surface area contributed by atoms with E-state index in [0.717, 1.165) is 38.9 Å². The largest absolute Gasteiger partial charge is 0.382 e. The van der Waals surface area contributed by atoms with Crippen LogP contribution in [0.25, 0.3) is 27.7 Å². The summed E-state index contributed by atoms with van der Waals surface area (Å²) in [6, 6.07) is 19.2. The molecule has 2 aromatic carbocycles. The Labute approximate surface area is 218 Å². The van der Waals surface area contributed by atoms with Gasteiger partial charge in [-0.25, -0.2) is 9.50 Å². The van der Waals surface area contributed by atoms with E-state index in [9.17, 15) is 4.79 Å². The van der Waals surface area contributed by atoms with Crippen LogP contribution in [0.3, 0.4) is 0 Å². The number of aromatic amines is 1. The normalized spacial score (nSPS) is 11.8. The molecule has 0 radical (unpaired) electrons. The summed E-state index contributed by atoms with van der Waals surface area (Å²) in [7, 11) is 1.87. The zero-order valence-electron chi connectivity index (χ0n) is 20.8. The fraction of sp³-hybridized carbons (Fsp3) is 0.103. The summed E-state index contributed by atoms with van der Waals surface area (Å²) in [6.45, 7) is 1.93. The number of aryl methyl sites for hydroxylation is 1. The number of nitrogens with two attached hydrogens (primary N) is 1. The third kappa shape index (κ3) is 4.04. The van der Waals surface area contributed by atoms with Gasteiger partial charge in [0.15, 0.2) is 17.2 Å². The Morgan fingerprint density at radius 3 is 2.68 bits per heavy atom. The molecule has 0 aliphatic carbocycles. The molecule has 6 rings (SSSR count). The predicted octanol–water partition coefficient (Wildman–Crippen LogP) is 4.08. The van der Waals surface area contributed by atoms with Gasteiger partial charge in [-0.15, -0.1) is 0 Å². The van der Waals surface area contributed by atoms with Crippen molar-refractivity contribution in [1.29, 1.82) is 0 Å². The highest BCUT2D eigenvalue weighted by Gasteiger charge is 2.24. The minimum atomic E-state index is -0.391. The van der Waals surface area contributed by atoms with Crippen LogP contribution in [0.15, 0.2) is 79.3 Å². The number of nitrogen functional groups attached to an aromatic ring is 1. The summed E-state index contributed by atoms with van der Waals surface area (Å²) < 4.78 is 3.18. The molecular formula is C29H24N8O. The smallest absolute Gasteiger partial charge is 0.274 e. The van der Waals surface area contributed by atoms with Crippen LogP contribution in [0.2, 0.25) is 0 Å². The second kappa shape index (κ2) is 9.26. The van der Waals surface area contributed by atoms with E-state index in [4.69, 9.17) is 5.73 Å². The van der Waals surface area contributed by atoms with Crippen LogP contribution >= 0.6 is 0 Å². The second-order valence-electron chi connectivity index (χ2n) is 8.99. The van der Waals surface area contributed by atoms with Crippen molar-refractivity contribution in [2.75, 3.05) is 5.73 Å². The molecule has 0 bridgehead atoms. The van der Waals surface area contributed by atoms with Crippen LogP contribution < -0.4 is 11.1 Å². The Morgan fingerprint density at radius 1 is 1.05 bits per heavy atom. The minimum Gasteiger partial charge on any atom is -0.382 e. The lowest BCUT2D eigenvalue weighted by Crippen LogP contribution is -2.29. The van der Waals surface area contributed by atoms with E-state index < -0.39 is 6.04 Å². The maximum absolute atomic E-state index is 13.4. The van der Waals surface area contributed by atoms with Gasteiger partial charge in [0.2, 0.25) is 0 Å². The van der Waals surface area contributed by atoms with E-state index in [0.29, 0.717) is 5.65 Å². The molecule has 0 aliphatic heterocycles. The van der Waals surface area contributed by atoms with Crippen LogP contribution in [-0.4, -0.2) is 35.3 Å². The summed E-state index contributed by atoms with van der Waals surface area (Å²) in [4.78, 5) is 21.2. The van der Waals surface area contributed by atoms with Crippen LogP contribution in [0, 0.1) is 11.8 Å². The van der Waals surface area contributed by atoms with E-state index in [1.807, 2.05) is 56.6 Å². The van der Waals surface area contributed by atoms with Crippen molar-refractivity contribution < 1.29 is 4.79 Å². The average molecular weight is 501 g/mol. The third-order valence-electron chi connectivity index (χ3n) is 6.38. The molecule has 0 saturated carbocycles. The SMILES string of the molecule is C[C@@H](NC(=O)c1c(N)nc2cccnn12)c1[nH]c2cccc(C#Cc3cnn(C)c3)c2c1-c1ccccc1. The van der Waals surface area contributed by atoms with Crippen molar-refractivity contribution in [3.63, 3.8) is 0 Å². The van der Waals surface area contributed by atoms with E-state index in [1.165, 1.54) is 4.52 Å². The number of nitrogens with zero attached hydrogens (tertiary/aromatic N) is 5. The number of carbonyl (C=O) groups excluding carboxylic acids is 1. The molecule has 0 unspecified atom stereocenters. The zero-order valence-corrected chi connectivity index (χ0v) is 20.8. The van der Waals surface area contributed by atoms with Crippen molar-refractivity contribution >= 4 is 28.3 Å². The molecule has 4 N–H and O–H groups in total. The van der Waals surface area contributed by atoms with Crippen molar-refractivity contribution in [1.82, 2.24) is 34.7 Å². The molecule has 9 heteroatoms. The Kier molecular flexibility index (Phi) is 5.62. The maximum Gasteiger partial charge on any atom is 0.274 e. The number of fused-ring (bicyclic) bond motifs is 2. The van der Waals surface area contributed by atoms with Crippen LogP contribution in [0.4, 0.5) is 5.82 Å². The van der Waals surface area contributed by atoms with Crippen LogP contribution in [-0.2, 0) is 7.05 Å². The van der Waals surface area contributed by atoms with Gasteiger partial charge in [-0.3, -0.25) is 9.48 Å². The second-order valence-corrected chi connectivity index (χ2v) is 8.99. The third-order valence-corrected chi connectivity index (χ3v) is 6.38. The number of aromatic nitrogens is 6. The average Bonchev–Trinajstić information content (AvgIpc) is 3.62. The predicted molar refractivity (Wildman–Crippen MR) is 146 cm³/mol. The summed E-state index contributed by atoms with van der Waals surface area (Å²) >= 11 is 0. The Bertz CT molecular complexity index is 1870. The number of benzene rings is 2. The van der Waals surface area contributed by atoms with E-state index >= 15 is 0 Å². The number of hydrogen-bond donors (Lipinski definition) is 3. The highest BCUT2D eigenvalue weighted by atomic mass is 16.2. The molecule has 9 nitrogen and oxygen atoms in total. The molecule has 1 amide bonds. The van der Waals surface area contributed by atoms with Gasteiger partial charge < -0.3 is 16.0 Å². The highest BCUT2D eigenvalue weighted by molar-refractivity contribution is 6.02. The van der Waals surface area contributed by atoms with Gasteiger partial charge in [0, 0.05) is 47.2 Å². The van der Waals surface area contributed by atoms with E-state index in [-0.39, 0.29) is 17.4 Å². The number of nitrogens with one attached hydrogen (secondary N) is 2. The molecule has 1 atom stereocenters. The quantitative estimate of drug-likeness (QED) is 0.315. The Morgan fingerprint density at radius 2 is 1.89 bits per heavy atom. The fourth-order valence-corrected chi connectivity index (χ4v) is 4.68. The van der Waals surface area contributed by atoms with Gasteiger partial charge in [-0.05, 0) is 36.8 Å².